The summed E-state index contributed by atoms with van der Waals surface area (Å²) in [7, 11) is 1.45. The third-order valence-corrected chi connectivity index (χ3v) is 5.96. The number of pyridine rings is 1. The Morgan fingerprint density at radius 1 is 1.21 bits per heavy atom. The van der Waals surface area contributed by atoms with Gasteiger partial charge in [0.15, 0.2) is 0 Å². The van der Waals surface area contributed by atoms with Crippen molar-refractivity contribution in [3.8, 4) is 17.0 Å². The van der Waals surface area contributed by atoms with Crippen LogP contribution in [0, 0.1) is 12.7 Å². The fourth-order valence-electron chi connectivity index (χ4n) is 4.30. The molecule has 0 saturated carbocycles. The van der Waals surface area contributed by atoms with E-state index in [1.54, 1.807) is 36.1 Å². The number of halogens is 2. The number of rotatable bonds is 4. The van der Waals surface area contributed by atoms with Crippen LogP contribution in [0.2, 0.25) is 0 Å². The van der Waals surface area contributed by atoms with Crippen molar-refractivity contribution >= 4 is 17.7 Å². The lowest BCUT2D eigenvalue weighted by Gasteiger charge is -2.20. The van der Waals surface area contributed by atoms with Crippen molar-refractivity contribution in [2.75, 3.05) is 30.0 Å². The SMILES string of the molecule is COc1cccc(F)c1-c1nccc2c1CN(c1cc(C)nc(N3C[C@@H](F)[C@@H](N)C3)n1)C2=O. The van der Waals surface area contributed by atoms with Crippen LogP contribution >= 0.6 is 0 Å². The highest BCUT2D eigenvalue weighted by Gasteiger charge is 2.35. The molecule has 5 rings (SSSR count). The number of benzene rings is 1. The van der Waals surface area contributed by atoms with Crippen LogP contribution in [0.25, 0.3) is 11.3 Å². The molecule has 2 N–H and O–H groups in total. The van der Waals surface area contributed by atoms with E-state index in [1.165, 1.54) is 24.3 Å². The summed E-state index contributed by atoms with van der Waals surface area (Å²) >= 11 is 0. The molecule has 2 atom stereocenters. The predicted octanol–water partition coefficient (Wildman–Crippen LogP) is 2.64. The van der Waals surface area contributed by atoms with Crippen LogP contribution < -0.4 is 20.3 Å². The Balaban J connectivity index is 1.54. The van der Waals surface area contributed by atoms with Crippen LogP contribution in [0.5, 0.6) is 5.75 Å². The first-order valence-corrected chi connectivity index (χ1v) is 10.5. The first-order chi connectivity index (χ1) is 15.9. The number of hydrogen-bond donors (Lipinski definition) is 1. The first kappa shape index (κ1) is 21.2. The van der Waals surface area contributed by atoms with E-state index in [4.69, 9.17) is 10.5 Å². The van der Waals surface area contributed by atoms with Crippen molar-refractivity contribution in [2.24, 2.45) is 5.73 Å². The number of aryl methyl sites for hydroxylation is 1. The van der Waals surface area contributed by atoms with Crippen LogP contribution in [-0.2, 0) is 6.54 Å². The molecule has 0 bridgehead atoms. The average Bonchev–Trinajstić information content (AvgIpc) is 3.32. The van der Waals surface area contributed by atoms with E-state index in [-0.39, 0.29) is 24.6 Å². The van der Waals surface area contributed by atoms with Crippen molar-refractivity contribution in [1.82, 2.24) is 15.0 Å². The van der Waals surface area contributed by atoms with Gasteiger partial charge in [-0.3, -0.25) is 14.7 Å². The van der Waals surface area contributed by atoms with E-state index in [1.807, 2.05) is 0 Å². The van der Waals surface area contributed by atoms with E-state index in [0.29, 0.717) is 46.6 Å². The van der Waals surface area contributed by atoms with Gasteiger partial charge < -0.3 is 15.4 Å². The van der Waals surface area contributed by atoms with E-state index in [9.17, 15) is 13.6 Å². The minimum atomic E-state index is -1.17. The zero-order chi connectivity index (χ0) is 23.3. The number of methoxy groups -OCH3 is 1. The van der Waals surface area contributed by atoms with Gasteiger partial charge in [-0.1, -0.05) is 6.07 Å². The number of alkyl halides is 1. The maximum Gasteiger partial charge on any atom is 0.260 e. The Hall–Kier alpha value is -3.66. The largest absolute Gasteiger partial charge is 0.496 e. The molecule has 33 heavy (non-hydrogen) atoms. The van der Waals surface area contributed by atoms with Crippen molar-refractivity contribution < 1.29 is 18.3 Å². The molecule has 1 amide bonds. The monoisotopic (exact) mass is 452 g/mol. The fourth-order valence-corrected chi connectivity index (χ4v) is 4.30. The molecule has 170 valence electrons. The summed E-state index contributed by atoms with van der Waals surface area (Å²) in [5.74, 6) is 0.245. The van der Waals surface area contributed by atoms with E-state index in [2.05, 4.69) is 15.0 Å². The molecule has 1 fully saturated rings. The van der Waals surface area contributed by atoms with E-state index in [0.717, 1.165) is 0 Å². The minimum absolute atomic E-state index is 0.0966. The smallest absolute Gasteiger partial charge is 0.260 e. The van der Waals surface area contributed by atoms with Gasteiger partial charge in [0.25, 0.3) is 5.91 Å². The first-order valence-electron chi connectivity index (χ1n) is 10.5. The molecule has 2 aliphatic rings. The number of nitrogens with two attached hydrogens (primary N) is 1. The maximum absolute atomic E-state index is 14.8. The Morgan fingerprint density at radius 3 is 2.76 bits per heavy atom. The molecule has 0 aliphatic carbocycles. The molecule has 2 aromatic heterocycles. The molecule has 0 unspecified atom stereocenters. The van der Waals surface area contributed by atoms with Crippen LogP contribution in [0.15, 0.2) is 36.5 Å². The number of carbonyl (C=O) groups excluding carboxylic acids is 1. The second kappa shape index (κ2) is 8.04. The lowest BCUT2D eigenvalue weighted by molar-refractivity contribution is 0.0996. The quantitative estimate of drug-likeness (QED) is 0.650. The van der Waals surface area contributed by atoms with Gasteiger partial charge in [-0.25, -0.2) is 13.8 Å². The van der Waals surface area contributed by atoms with Crippen LogP contribution in [0.4, 0.5) is 20.5 Å². The number of fused-ring (bicyclic) bond motifs is 1. The number of hydrogen-bond acceptors (Lipinski definition) is 7. The standard InChI is InChI=1S/C23H22F2N6O2/c1-12-8-19(29-23(28-12)30-10-16(25)17(26)11-30)31-9-14-13(22(31)32)6-7-27-21(14)20-15(24)4-3-5-18(20)33-2/h3-8,16-17H,9-11,26H2,1-2H3/t16-,17+/m1/s1. The summed E-state index contributed by atoms with van der Waals surface area (Å²) in [6.45, 7) is 2.32. The van der Waals surface area contributed by atoms with Crippen molar-refractivity contribution in [3.05, 3.63) is 59.2 Å². The van der Waals surface area contributed by atoms with Gasteiger partial charge in [0.1, 0.15) is 23.6 Å². The minimum Gasteiger partial charge on any atom is -0.496 e. The summed E-state index contributed by atoms with van der Waals surface area (Å²) < 4.78 is 34.1. The highest BCUT2D eigenvalue weighted by atomic mass is 19.1. The molecular weight excluding hydrogens is 430 g/mol. The molecule has 2 aliphatic heterocycles. The van der Waals surface area contributed by atoms with Gasteiger partial charge in [0.05, 0.1) is 37.5 Å². The zero-order valence-electron chi connectivity index (χ0n) is 18.1. The molecule has 8 nitrogen and oxygen atoms in total. The van der Waals surface area contributed by atoms with E-state index >= 15 is 0 Å². The number of aromatic nitrogens is 3. The van der Waals surface area contributed by atoms with Gasteiger partial charge in [0.2, 0.25) is 5.95 Å². The van der Waals surface area contributed by atoms with Crippen molar-refractivity contribution in [1.29, 1.82) is 0 Å². The third kappa shape index (κ3) is 3.56. The number of amides is 1. The zero-order valence-corrected chi connectivity index (χ0v) is 18.1. The van der Waals surface area contributed by atoms with Gasteiger partial charge in [-0.15, -0.1) is 0 Å². The lowest BCUT2D eigenvalue weighted by Crippen LogP contribution is -2.31. The Kier molecular flexibility index (Phi) is 5.16. The normalized spacial score (nSPS) is 19.8. The average molecular weight is 452 g/mol. The second-order valence-corrected chi connectivity index (χ2v) is 8.15. The molecule has 10 heteroatoms. The van der Waals surface area contributed by atoms with Gasteiger partial charge in [-0.05, 0) is 25.1 Å². The molecular formula is C23H22F2N6O2. The molecule has 0 spiro atoms. The fraction of sp³-hybridized carbons (Fsp3) is 0.304. The molecule has 0 radical (unpaired) electrons. The topological polar surface area (TPSA) is 97.5 Å². The summed E-state index contributed by atoms with van der Waals surface area (Å²) in [6, 6.07) is 7.21. The molecule has 1 aromatic carbocycles. The highest BCUT2D eigenvalue weighted by molar-refractivity contribution is 6.10. The van der Waals surface area contributed by atoms with Crippen LogP contribution in [0.3, 0.4) is 0 Å². The Labute approximate surface area is 189 Å². The second-order valence-electron chi connectivity index (χ2n) is 8.15. The summed E-state index contributed by atoms with van der Waals surface area (Å²) in [5, 5.41) is 0. The summed E-state index contributed by atoms with van der Waals surface area (Å²) in [5.41, 5.74) is 7.97. The number of nitrogens with zero attached hydrogens (tertiary/aromatic N) is 5. The molecule has 1 saturated heterocycles. The summed E-state index contributed by atoms with van der Waals surface area (Å²) in [6.07, 6.45) is 0.310. The number of anilines is 2. The number of carbonyl (C=O) groups is 1. The van der Waals surface area contributed by atoms with Crippen molar-refractivity contribution in [2.45, 2.75) is 25.7 Å². The Bertz CT molecular complexity index is 1240. The van der Waals surface area contributed by atoms with Crippen LogP contribution in [0.1, 0.15) is 21.6 Å². The van der Waals surface area contributed by atoms with Crippen LogP contribution in [-0.4, -0.2) is 53.3 Å². The molecule has 4 heterocycles. The summed E-state index contributed by atoms with van der Waals surface area (Å²) in [4.78, 5) is 29.8. The maximum atomic E-state index is 14.8. The molecule has 3 aromatic rings. The number of ether oxygens (including phenoxy) is 1. The third-order valence-electron chi connectivity index (χ3n) is 5.96. The van der Waals surface area contributed by atoms with Crippen molar-refractivity contribution in [3.63, 3.8) is 0 Å². The van der Waals surface area contributed by atoms with Gasteiger partial charge in [0, 0.05) is 35.6 Å². The Morgan fingerprint density at radius 2 is 2.03 bits per heavy atom. The van der Waals surface area contributed by atoms with Gasteiger partial charge in [-0.2, -0.15) is 4.98 Å². The lowest BCUT2D eigenvalue weighted by atomic mass is 10.0. The highest BCUT2D eigenvalue weighted by Crippen LogP contribution is 2.38. The predicted molar refractivity (Wildman–Crippen MR) is 119 cm³/mol. The van der Waals surface area contributed by atoms with E-state index < -0.39 is 18.0 Å². The van der Waals surface area contributed by atoms with Gasteiger partial charge >= 0.3 is 0 Å².